The van der Waals surface area contributed by atoms with Gasteiger partial charge in [-0.25, -0.2) is 0 Å². The molecule has 1 saturated heterocycles. The van der Waals surface area contributed by atoms with Crippen LogP contribution in [0.25, 0.3) is 0 Å². The smallest absolute Gasteiger partial charge is 0.270 e. The second-order valence-corrected chi connectivity index (χ2v) is 8.80. The Morgan fingerprint density at radius 2 is 2.00 bits per heavy atom. The summed E-state index contributed by atoms with van der Waals surface area (Å²) in [6.45, 7) is 2.93. The van der Waals surface area contributed by atoms with Gasteiger partial charge in [0, 0.05) is 19.2 Å². The van der Waals surface area contributed by atoms with Gasteiger partial charge in [0.05, 0.1) is 11.8 Å². The van der Waals surface area contributed by atoms with E-state index in [4.69, 9.17) is 16.2 Å². The first-order chi connectivity index (χ1) is 14.4. The first kappa shape index (κ1) is 22.5. The number of carbonyl (C=O) groups excluding carboxylic acids is 3. The van der Waals surface area contributed by atoms with Crippen molar-refractivity contribution in [1.82, 2.24) is 14.6 Å². The molecule has 30 heavy (non-hydrogen) atoms. The van der Waals surface area contributed by atoms with Crippen LogP contribution in [0.3, 0.4) is 0 Å². The number of hydrogen-bond donors (Lipinski definition) is 3. The molecule has 2 heterocycles. The molecule has 0 unspecified atom stereocenters. The summed E-state index contributed by atoms with van der Waals surface area (Å²) in [6.07, 6.45) is 7.04. The van der Waals surface area contributed by atoms with Gasteiger partial charge in [-0.15, -0.1) is 0 Å². The molecule has 2 atom stereocenters. The van der Waals surface area contributed by atoms with E-state index in [-0.39, 0.29) is 34.3 Å². The van der Waals surface area contributed by atoms with Gasteiger partial charge in [0.25, 0.3) is 11.8 Å². The zero-order valence-electron chi connectivity index (χ0n) is 17.4. The minimum Gasteiger partial charge on any atom is -0.395 e. The number of rotatable bonds is 9. The second-order valence-electron chi connectivity index (χ2n) is 8.03. The van der Waals surface area contributed by atoms with Crippen LogP contribution < -0.4 is 16.8 Å². The molecule has 9 nitrogen and oxygen atoms in total. The summed E-state index contributed by atoms with van der Waals surface area (Å²) in [6, 6.07) is -0.475. The van der Waals surface area contributed by atoms with Crippen LogP contribution in [0, 0.1) is 0 Å². The van der Waals surface area contributed by atoms with Crippen molar-refractivity contribution in [2.45, 2.75) is 76.5 Å². The SMILES string of the molecule is CCC[C@H](C(=O)NC1CCCC1)N(C[C@@H]1CCCO1)C(=O)c1snc(C(N)=O)c1N. The molecule has 2 fully saturated rings. The summed E-state index contributed by atoms with van der Waals surface area (Å²) in [5.41, 5.74) is 11.2. The maximum absolute atomic E-state index is 13.5. The fraction of sp³-hybridized carbons (Fsp3) is 0.700. The van der Waals surface area contributed by atoms with Crippen molar-refractivity contribution in [2.75, 3.05) is 18.9 Å². The first-order valence-corrected chi connectivity index (χ1v) is 11.5. The van der Waals surface area contributed by atoms with E-state index in [0.29, 0.717) is 19.6 Å². The third kappa shape index (κ3) is 5.10. The zero-order valence-corrected chi connectivity index (χ0v) is 18.2. The maximum atomic E-state index is 13.5. The molecule has 3 rings (SSSR count). The normalized spacial score (nSPS) is 20.2. The molecule has 0 spiro atoms. The molecule has 10 heteroatoms. The van der Waals surface area contributed by atoms with Crippen molar-refractivity contribution in [3.05, 3.63) is 10.6 Å². The molecular formula is C20H31N5O4S. The van der Waals surface area contributed by atoms with Crippen LogP contribution in [0.15, 0.2) is 0 Å². The van der Waals surface area contributed by atoms with Gasteiger partial charge in [0.2, 0.25) is 5.91 Å². The Balaban J connectivity index is 1.87. The predicted molar refractivity (Wildman–Crippen MR) is 114 cm³/mol. The molecule has 1 aromatic rings. The summed E-state index contributed by atoms with van der Waals surface area (Å²) < 4.78 is 9.69. The molecule has 2 aliphatic rings. The predicted octanol–water partition coefficient (Wildman–Crippen LogP) is 1.67. The molecule has 0 aromatic carbocycles. The number of carbonyl (C=O) groups is 3. The van der Waals surface area contributed by atoms with Crippen LogP contribution >= 0.6 is 11.5 Å². The third-order valence-electron chi connectivity index (χ3n) is 5.78. The van der Waals surface area contributed by atoms with E-state index in [2.05, 4.69) is 9.69 Å². The van der Waals surface area contributed by atoms with Gasteiger partial charge < -0.3 is 26.4 Å². The van der Waals surface area contributed by atoms with Crippen molar-refractivity contribution in [1.29, 1.82) is 0 Å². The Morgan fingerprint density at radius 3 is 2.57 bits per heavy atom. The monoisotopic (exact) mass is 437 g/mol. The molecule has 0 radical (unpaired) electrons. The van der Waals surface area contributed by atoms with Gasteiger partial charge in [-0.2, -0.15) is 4.37 Å². The lowest BCUT2D eigenvalue weighted by Crippen LogP contribution is -2.53. The summed E-state index contributed by atoms with van der Waals surface area (Å²) in [5.74, 6) is -1.33. The van der Waals surface area contributed by atoms with Crippen molar-refractivity contribution < 1.29 is 19.1 Å². The van der Waals surface area contributed by atoms with E-state index in [1.54, 1.807) is 4.90 Å². The minimum atomic E-state index is -0.780. The molecule has 166 valence electrons. The number of hydrogen-bond acceptors (Lipinski definition) is 7. The Kier molecular flexibility index (Phi) is 7.65. The van der Waals surface area contributed by atoms with Crippen LogP contribution in [-0.4, -0.2) is 58.3 Å². The lowest BCUT2D eigenvalue weighted by atomic mass is 10.1. The number of anilines is 1. The number of nitrogens with one attached hydrogen (secondary N) is 1. The number of ether oxygens (including phenoxy) is 1. The lowest BCUT2D eigenvalue weighted by Gasteiger charge is -2.33. The quantitative estimate of drug-likeness (QED) is 0.537. The number of nitrogens with zero attached hydrogens (tertiary/aromatic N) is 2. The Hall–Kier alpha value is -2.20. The average Bonchev–Trinajstić information content (AvgIpc) is 3.46. The number of aromatic nitrogens is 1. The zero-order chi connectivity index (χ0) is 21.7. The molecule has 3 amide bonds. The Morgan fingerprint density at radius 1 is 1.27 bits per heavy atom. The molecule has 0 bridgehead atoms. The largest absolute Gasteiger partial charge is 0.395 e. The minimum absolute atomic E-state index is 0.0266. The average molecular weight is 438 g/mol. The van der Waals surface area contributed by atoms with E-state index >= 15 is 0 Å². The maximum Gasteiger partial charge on any atom is 0.270 e. The molecule has 1 saturated carbocycles. The number of nitrogens with two attached hydrogens (primary N) is 2. The van der Waals surface area contributed by atoms with Gasteiger partial charge in [0.15, 0.2) is 5.69 Å². The lowest BCUT2D eigenvalue weighted by molar-refractivity contribution is -0.127. The van der Waals surface area contributed by atoms with Gasteiger partial charge >= 0.3 is 0 Å². The highest BCUT2D eigenvalue weighted by molar-refractivity contribution is 7.09. The van der Waals surface area contributed by atoms with Gasteiger partial charge in [-0.1, -0.05) is 26.2 Å². The number of nitrogen functional groups attached to an aromatic ring is 1. The number of primary amides is 1. The van der Waals surface area contributed by atoms with Crippen molar-refractivity contribution in [3.63, 3.8) is 0 Å². The Labute approximate surface area is 180 Å². The summed E-state index contributed by atoms with van der Waals surface area (Å²) in [5, 5.41) is 3.12. The van der Waals surface area contributed by atoms with Crippen molar-refractivity contribution in [2.24, 2.45) is 5.73 Å². The fourth-order valence-corrected chi connectivity index (χ4v) is 4.95. The van der Waals surface area contributed by atoms with Crippen LogP contribution in [0.4, 0.5) is 5.69 Å². The van der Waals surface area contributed by atoms with Crippen LogP contribution in [-0.2, 0) is 9.53 Å². The van der Waals surface area contributed by atoms with E-state index in [9.17, 15) is 14.4 Å². The van der Waals surface area contributed by atoms with E-state index in [1.807, 2.05) is 6.92 Å². The third-order valence-corrected chi connectivity index (χ3v) is 6.63. The molecular weight excluding hydrogens is 406 g/mol. The summed E-state index contributed by atoms with van der Waals surface area (Å²) in [4.78, 5) is 39.9. The first-order valence-electron chi connectivity index (χ1n) is 10.7. The van der Waals surface area contributed by atoms with Gasteiger partial charge in [0.1, 0.15) is 10.9 Å². The van der Waals surface area contributed by atoms with E-state index < -0.39 is 17.9 Å². The van der Waals surface area contributed by atoms with Gasteiger partial charge in [-0.3, -0.25) is 14.4 Å². The fourth-order valence-electron chi connectivity index (χ4n) is 4.19. The number of amides is 3. The highest BCUT2D eigenvalue weighted by atomic mass is 32.1. The van der Waals surface area contributed by atoms with Gasteiger partial charge in [-0.05, 0) is 43.6 Å². The topological polar surface area (TPSA) is 141 Å². The van der Waals surface area contributed by atoms with Crippen LogP contribution in [0.5, 0.6) is 0 Å². The highest BCUT2D eigenvalue weighted by Crippen LogP contribution is 2.27. The molecule has 5 N–H and O–H groups in total. The second kappa shape index (κ2) is 10.2. The van der Waals surface area contributed by atoms with Crippen LogP contribution in [0.1, 0.15) is 78.5 Å². The highest BCUT2D eigenvalue weighted by Gasteiger charge is 2.36. The summed E-state index contributed by atoms with van der Waals surface area (Å²) >= 11 is 0.839. The molecule has 1 aliphatic heterocycles. The summed E-state index contributed by atoms with van der Waals surface area (Å²) in [7, 11) is 0. The van der Waals surface area contributed by atoms with Crippen molar-refractivity contribution >= 4 is 34.9 Å². The van der Waals surface area contributed by atoms with Crippen molar-refractivity contribution in [3.8, 4) is 0 Å². The van der Waals surface area contributed by atoms with E-state index in [0.717, 1.165) is 56.5 Å². The molecule has 1 aliphatic carbocycles. The molecule has 1 aromatic heterocycles. The van der Waals surface area contributed by atoms with Crippen LogP contribution in [0.2, 0.25) is 0 Å². The standard InChI is InChI=1S/C20H31N5O4S/c1-2-6-14(19(27)23-12-7-3-4-8-12)25(11-13-9-5-10-29-13)20(28)17-15(21)16(18(22)26)24-30-17/h12-14H,2-11,21H2,1H3,(H2,22,26)(H,23,27)/t13-,14+/m0/s1. The van der Waals surface area contributed by atoms with E-state index in [1.165, 1.54) is 0 Å². The Bertz CT molecular complexity index is 771.